The number of hydrogen-bond donors (Lipinski definition) is 1. The zero-order valence-electron chi connectivity index (χ0n) is 16.4. The fraction of sp³-hybridized carbons (Fsp3) is 0.429. The van der Waals surface area contributed by atoms with Crippen LogP contribution in [0.5, 0.6) is 11.6 Å². The number of aromatic nitrogens is 2. The van der Waals surface area contributed by atoms with Crippen molar-refractivity contribution in [1.82, 2.24) is 15.3 Å². The van der Waals surface area contributed by atoms with Crippen molar-refractivity contribution in [3.63, 3.8) is 0 Å². The molecule has 1 aromatic heterocycles. The Labute approximate surface area is 175 Å². The Bertz CT molecular complexity index is 888. The number of halogens is 1. The minimum absolute atomic E-state index is 0.0488. The van der Waals surface area contributed by atoms with Crippen LogP contribution in [-0.2, 0) is 4.79 Å². The van der Waals surface area contributed by atoms with E-state index >= 15 is 0 Å². The summed E-state index contributed by atoms with van der Waals surface area (Å²) in [4.78, 5) is 20.8. The number of carbonyl (C=O) groups excluding carboxylic acids is 1. The lowest BCUT2D eigenvalue weighted by Crippen LogP contribution is -2.51. The van der Waals surface area contributed by atoms with E-state index in [-0.39, 0.29) is 29.6 Å². The van der Waals surface area contributed by atoms with Crippen molar-refractivity contribution in [1.29, 1.82) is 5.26 Å². The SMILES string of the molecule is CC(C)(Oc1ccc(Cl)cc1)C(=O)NC1CCC(Oc2nccnc2C#N)CC1. The van der Waals surface area contributed by atoms with Gasteiger partial charge in [-0.15, -0.1) is 0 Å². The van der Waals surface area contributed by atoms with Gasteiger partial charge in [-0.25, -0.2) is 9.97 Å². The topological polar surface area (TPSA) is 97.1 Å². The van der Waals surface area contributed by atoms with Crippen LogP contribution in [0.3, 0.4) is 0 Å². The van der Waals surface area contributed by atoms with Crippen molar-refractivity contribution in [3.8, 4) is 17.7 Å². The minimum Gasteiger partial charge on any atom is -0.478 e. The molecule has 8 heteroatoms. The molecule has 1 N–H and O–H groups in total. The number of hydrogen-bond acceptors (Lipinski definition) is 6. The van der Waals surface area contributed by atoms with Crippen molar-refractivity contribution >= 4 is 17.5 Å². The molecule has 152 valence electrons. The van der Waals surface area contributed by atoms with E-state index in [0.717, 1.165) is 25.7 Å². The molecule has 1 aromatic carbocycles. The number of nitrogens with one attached hydrogen (secondary N) is 1. The van der Waals surface area contributed by atoms with Crippen LogP contribution in [0.2, 0.25) is 5.02 Å². The molecular weight excluding hydrogens is 392 g/mol. The summed E-state index contributed by atoms with van der Waals surface area (Å²) in [6.45, 7) is 3.48. The van der Waals surface area contributed by atoms with Gasteiger partial charge in [0.15, 0.2) is 5.60 Å². The highest BCUT2D eigenvalue weighted by Gasteiger charge is 2.33. The van der Waals surface area contributed by atoms with Crippen LogP contribution in [0.15, 0.2) is 36.7 Å². The monoisotopic (exact) mass is 414 g/mol. The van der Waals surface area contributed by atoms with E-state index in [1.54, 1.807) is 38.1 Å². The van der Waals surface area contributed by atoms with Gasteiger partial charge in [-0.2, -0.15) is 5.26 Å². The lowest BCUT2D eigenvalue weighted by atomic mass is 9.92. The van der Waals surface area contributed by atoms with Crippen LogP contribution in [0.1, 0.15) is 45.2 Å². The average molecular weight is 415 g/mol. The first-order valence-electron chi connectivity index (χ1n) is 9.50. The molecule has 29 heavy (non-hydrogen) atoms. The highest BCUT2D eigenvalue weighted by Crippen LogP contribution is 2.25. The average Bonchev–Trinajstić information content (AvgIpc) is 2.71. The maximum atomic E-state index is 12.7. The quantitative estimate of drug-likeness (QED) is 0.774. The molecule has 0 atom stereocenters. The molecule has 0 saturated heterocycles. The fourth-order valence-electron chi connectivity index (χ4n) is 3.17. The van der Waals surface area contributed by atoms with Gasteiger partial charge in [-0.3, -0.25) is 4.79 Å². The van der Waals surface area contributed by atoms with Gasteiger partial charge in [0.1, 0.15) is 17.9 Å². The van der Waals surface area contributed by atoms with E-state index in [2.05, 4.69) is 15.3 Å². The van der Waals surface area contributed by atoms with E-state index < -0.39 is 5.60 Å². The van der Waals surface area contributed by atoms with Crippen molar-refractivity contribution < 1.29 is 14.3 Å². The number of benzene rings is 1. The van der Waals surface area contributed by atoms with Gasteiger partial charge in [-0.05, 0) is 63.8 Å². The molecule has 0 bridgehead atoms. The number of amides is 1. The predicted octanol–water partition coefficient (Wildman–Crippen LogP) is 3.67. The van der Waals surface area contributed by atoms with Crippen molar-refractivity contribution in [2.75, 3.05) is 0 Å². The van der Waals surface area contributed by atoms with Crippen molar-refractivity contribution in [2.45, 2.75) is 57.3 Å². The van der Waals surface area contributed by atoms with Crippen LogP contribution in [0, 0.1) is 11.3 Å². The molecule has 1 amide bonds. The number of nitriles is 1. The van der Waals surface area contributed by atoms with Crippen LogP contribution >= 0.6 is 11.6 Å². The summed E-state index contributed by atoms with van der Waals surface area (Å²) in [5.41, 5.74) is -0.827. The summed E-state index contributed by atoms with van der Waals surface area (Å²) < 4.78 is 11.7. The van der Waals surface area contributed by atoms with Crippen LogP contribution in [0.25, 0.3) is 0 Å². The predicted molar refractivity (Wildman–Crippen MR) is 108 cm³/mol. The molecule has 7 nitrogen and oxygen atoms in total. The summed E-state index contributed by atoms with van der Waals surface area (Å²) >= 11 is 5.89. The molecule has 0 radical (unpaired) electrons. The Hall–Kier alpha value is -2.85. The molecule has 2 aromatic rings. The van der Waals surface area contributed by atoms with E-state index in [0.29, 0.717) is 10.8 Å². The number of ether oxygens (including phenoxy) is 2. The van der Waals surface area contributed by atoms with Crippen molar-refractivity contribution in [3.05, 3.63) is 47.4 Å². The highest BCUT2D eigenvalue weighted by atomic mass is 35.5. The van der Waals surface area contributed by atoms with Gasteiger partial charge in [0.2, 0.25) is 5.69 Å². The minimum atomic E-state index is -1.01. The second kappa shape index (κ2) is 9.10. The first-order chi connectivity index (χ1) is 13.9. The van der Waals surface area contributed by atoms with E-state index in [4.69, 9.17) is 26.3 Å². The fourth-order valence-corrected chi connectivity index (χ4v) is 3.30. The maximum absolute atomic E-state index is 12.7. The molecule has 3 rings (SSSR count). The molecule has 0 aliphatic heterocycles. The summed E-state index contributed by atoms with van der Waals surface area (Å²) in [7, 11) is 0. The smallest absolute Gasteiger partial charge is 0.263 e. The second-order valence-corrected chi connectivity index (χ2v) is 7.89. The molecule has 0 unspecified atom stereocenters. The lowest BCUT2D eigenvalue weighted by molar-refractivity contribution is -0.135. The number of carbonyl (C=O) groups is 1. The first-order valence-corrected chi connectivity index (χ1v) is 9.88. The standard InChI is InChI=1S/C21H23ClN4O3/c1-21(2,29-17-7-3-14(22)4-8-17)20(27)26-15-5-9-16(10-6-15)28-19-18(13-23)24-11-12-25-19/h3-4,7-8,11-12,15-16H,5-6,9-10H2,1-2H3,(H,26,27). The lowest BCUT2D eigenvalue weighted by Gasteiger charge is -2.32. The van der Waals surface area contributed by atoms with Crippen molar-refractivity contribution in [2.24, 2.45) is 0 Å². The Morgan fingerprint density at radius 3 is 2.48 bits per heavy atom. The molecule has 1 fully saturated rings. The van der Waals surface area contributed by atoms with Gasteiger partial charge in [0, 0.05) is 23.5 Å². The maximum Gasteiger partial charge on any atom is 0.263 e. The third kappa shape index (κ3) is 5.58. The Balaban J connectivity index is 1.50. The van der Waals surface area contributed by atoms with Gasteiger partial charge in [0.25, 0.3) is 11.8 Å². The zero-order chi connectivity index (χ0) is 20.9. The third-order valence-corrected chi connectivity index (χ3v) is 5.04. The third-order valence-electron chi connectivity index (χ3n) is 4.79. The summed E-state index contributed by atoms with van der Waals surface area (Å²) in [5, 5.41) is 12.8. The van der Waals surface area contributed by atoms with Gasteiger partial charge in [-0.1, -0.05) is 11.6 Å². The van der Waals surface area contributed by atoms with E-state index in [9.17, 15) is 4.79 Å². The Morgan fingerprint density at radius 2 is 1.83 bits per heavy atom. The van der Waals surface area contributed by atoms with E-state index in [1.807, 2.05) is 6.07 Å². The van der Waals surface area contributed by atoms with Crippen LogP contribution in [0.4, 0.5) is 0 Å². The first kappa shape index (κ1) is 20.9. The number of nitrogens with zero attached hydrogens (tertiary/aromatic N) is 3. The number of rotatable bonds is 6. The van der Waals surface area contributed by atoms with Gasteiger partial charge >= 0.3 is 0 Å². The van der Waals surface area contributed by atoms with E-state index in [1.165, 1.54) is 12.4 Å². The second-order valence-electron chi connectivity index (χ2n) is 7.45. The van der Waals surface area contributed by atoms with Gasteiger partial charge in [0.05, 0.1) is 0 Å². The van der Waals surface area contributed by atoms with Gasteiger partial charge < -0.3 is 14.8 Å². The molecule has 1 aliphatic carbocycles. The highest BCUT2D eigenvalue weighted by molar-refractivity contribution is 6.30. The molecule has 1 aliphatic rings. The summed E-state index contributed by atoms with van der Waals surface area (Å²) in [6, 6.07) is 8.95. The zero-order valence-corrected chi connectivity index (χ0v) is 17.1. The largest absolute Gasteiger partial charge is 0.478 e. The normalized spacial score (nSPS) is 19.1. The summed E-state index contributed by atoms with van der Waals surface area (Å²) in [5.74, 6) is 0.682. The van der Waals surface area contributed by atoms with Crippen LogP contribution in [-0.4, -0.2) is 33.6 Å². The molecule has 0 spiro atoms. The van der Waals surface area contributed by atoms with Crippen LogP contribution < -0.4 is 14.8 Å². The molecule has 1 heterocycles. The Kier molecular flexibility index (Phi) is 6.55. The molecule has 1 saturated carbocycles. The molecular formula is C21H23ClN4O3. The summed E-state index contributed by atoms with van der Waals surface area (Å²) in [6.07, 6.45) is 5.97. The Morgan fingerprint density at radius 1 is 1.17 bits per heavy atom.